The van der Waals surface area contributed by atoms with Crippen molar-refractivity contribution >= 4 is 31.0 Å². The van der Waals surface area contributed by atoms with E-state index in [1.165, 1.54) is 18.6 Å². The van der Waals surface area contributed by atoms with E-state index in [0.29, 0.717) is 19.3 Å². The van der Waals surface area contributed by atoms with Crippen molar-refractivity contribution < 1.29 is 38.6 Å². The molecular formula is C33H54BN5O8. The zero-order chi connectivity index (χ0) is 35.3. The lowest BCUT2D eigenvalue weighted by molar-refractivity contribution is -0.317. The second-order valence-electron chi connectivity index (χ2n) is 15.2. The maximum atomic E-state index is 14.0. The van der Waals surface area contributed by atoms with Crippen LogP contribution in [0.25, 0.3) is 0 Å². The Morgan fingerprint density at radius 3 is 1.89 bits per heavy atom. The van der Waals surface area contributed by atoms with Gasteiger partial charge < -0.3 is 35.4 Å². The van der Waals surface area contributed by atoms with Crippen LogP contribution in [0.1, 0.15) is 111 Å². The molecule has 4 rings (SSSR count). The molecule has 3 fully saturated rings. The number of carbonyl (C=O) groups is 4. The molecule has 3 unspecified atom stereocenters. The zero-order valence-corrected chi connectivity index (χ0v) is 29.3. The van der Waals surface area contributed by atoms with Crippen molar-refractivity contribution in [2.24, 2.45) is 29.1 Å². The first-order valence-electron chi connectivity index (χ1n) is 16.8. The lowest BCUT2D eigenvalue weighted by Crippen LogP contribution is -2.78. The highest BCUT2D eigenvalue weighted by Gasteiger charge is 2.74. The minimum Gasteiger partial charge on any atom is -0.454 e. The van der Waals surface area contributed by atoms with Gasteiger partial charge in [-0.05, 0) is 69.1 Å². The second-order valence-corrected chi connectivity index (χ2v) is 15.2. The van der Waals surface area contributed by atoms with Crippen LogP contribution in [0.4, 0.5) is 0 Å². The fourth-order valence-corrected chi connectivity index (χ4v) is 7.27. The van der Waals surface area contributed by atoms with E-state index < -0.39 is 65.8 Å². The van der Waals surface area contributed by atoms with Gasteiger partial charge in [0.15, 0.2) is 0 Å². The van der Waals surface area contributed by atoms with Crippen LogP contribution in [-0.2, 0) is 23.8 Å². The summed E-state index contributed by atoms with van der Waals surface area (Å²) in [6.07, 6.45) is 6.77. The molecule has 3 amide bonds. The van der Waals surface area contributed by atoms with E-state index >= 15 is 0 Å². The Labute approximate surface area is 278 Å². The predicted octanol–water partition coefficient (Wildman–Crippen LogP) is 2.55. The van der Waals surface area contributed by atoms with Crippen molar-refractivity contribution in [3.63, 3.8) is 0 Å². The van der Waals surface area contributed by atoms with E-state index in [1.54, 1.807) is 6.92 Å². The van der Waals surface area contributed by atoms with Gasteiger partial charge in [-0.3, -0.25) is 19.4 Å². The first-order valence-corrected chi connectivity index (χ1v) is 16.8. The number of hydrogen-bond acceptors (Lipinski definition) is 10. The molecule has 3 aliphatic rings. The molecule has 262 valence electrons. The number of aromatic nitrogens is 2. The molecule has 1 heterocycles. The largest absolute Gasteiger partial charge is 0.634 e. The Morgan fingerprint density at radius 1 is 0.872 bits per heavy atom. The van der Waals surface area contributed by atoms with Crippen LogP contribution < -0.4 is 16.0 Å². The van der Waals surface area contributed by atoms with Crippen molar-refractivity contribution in [2.75, 3.05) is 0 Å². The molecule has 1 aromatic heterocycles. The Balaban J connectivity index is 1.82. The van der Waals surface area contributed by atoms with E-state index in [1.807, 2.05) is 55.4 Å². The number of amides is 3. The Morgan fingerprint density at radius 2 is 1.40 bits per heavy atom. The van der Waals surface area contributed by atoms with Gasteiger partial charge in [0.2, 0.25) is 11.8 Å². The summed E-state index contributed by atoms with van der Waals surface area (Å²) in [5, 5.41) is 27.9. The number of fused-ring (bicyclic) bond motifs is 2. The maximum Gasteiger partial charge on any atom is 0.634 e. The van der Waals surface area contributed by atoms with Crippen LogP contribution in [0, 0.1) is 29.1 Å². The van der Waals surface area contributed by atoms with Crippen LogP contribution >= 0.6 is 0 Å². The lowest BCUT2D eigenvalue weighted by Gasteiger charge is -2.70. The van der Waals surface area contributed by atoms with Crippen LogP contribution in [0.3, 0.4) is 0 Å². The van der Waals surface area contributed by atoms with Gasteiger partial charge >= 0.3 is 13.3 Å². The number of rotatable bonds is 16. The van der Waals surface area contributed by atoms with Gasteiger partial charge in [-0.2, -0.15) is 0 Å². The predicted molar refractivity (Wildman–Crippen MR) is 175 cm³/mol. The van der Waals surface area contributed by atoms with Crippen LogP contribution in [-0.4, -0.2) is 80.4 Å². The first-order chi connectivity index (χ1) is 21.8. The highest BCUT2D eigenvalue weighted by atomic mass is 16.7. The van der Waals surface area contributed by atoms with Gasteiger partial charge in [0.05, 0.1) is 11.8 Å². The SMILES string of the molecule is CC(C)C[C@H](NC(=O)c1cnccn1)C(=O)N[C@@H](CC(C)C)C(=O)N[C@@H](CC(C)C)C(=O)OC12CC(CCC1(C)OB(O)O)C2(C)C. The molecule has 0 aromatic carbocycles. The molecule has 3 saturated carbocycles. The van der Waals surface area contributed by atoms with Crippen molar-refractivity contribution in [1.82, 2.24) is 25.9 Å². The Kier molecular flexibility index (Phi) is 12.6. The summed E-state index contributed by atoms with van der Waals surface area (Å²) in [7, 11) is -2.04. The summed E-state index contributed by atoms with van der Waals surface area (Å²) in [5.41, 5.74) is -2.74. The fraction of sp³-hybridized carbons (Fsp3) is 0.758. The molecule has 6 atom stereocenters. The lowest BCUT2D eigenvalue weighted by atomic mass is 9.41. The third-order valence-corrected chi connectivity index (χ3v) is 9.83. The molecule has 13 nitrogen and oxygen atoms in total. The van der Waals surface area contributed by atoms with E-state index in [4.69, 9.17) is 9.39 Å². The third kappa shape index (κ3) is 8.88. The first kappa shape index (κ1) is 38.4. The monoisotopic (exact) mass is 659 g/mol. The average Bonchev–Trinajstić information content (AvgIpc) is 2.96. The van der Waals surface area contributed by atoms with Gasteiger partial charge in [-0.1, -0.05) is 55.4 Å². The van der Waals surface area contributed by atoms with E-state index in [9.17, 15) is 29.2 Å². The van der Waals surface area contributed by atoms with Crippen molar-refractivity contribution in [2.45, 2.75) is 130 Å². The van der Waals surface area contributed by atoms with Crippen molar-refractivity contribution in [3.05, 3.63) is 24.3 Å². The normalized spacial score (nSPS) is 24.9. The summed E-state index contributed by atoms with van der Waals surface area (Å²) < 4.78 is 11.9. The number of nitrogens with one attached hydrogen (secondary N) is 3. The molecule has 14 heteroatoms. The van der Waals surface area contributed by atoms with Crippen LogP contribution in [0.5, 0.6) is 0 Å². The molecule has 47 heavy (non-hydrogen) atoms. The topological polar surface area (TPSA) is 189 Å². The minimum atomic E-state index is -2.04. The smallest absolute Gasteiger partial charge is 0.454 e. The molecule has 0 saturated heterocycles. The highest BCUT2D eigenvalue weighted by molar-refractivity contribution is 6.32. The number of carbonyl (C=O) groups excluding carboxylic acids is 4. The highest BCUT2D eigenvalue weighted by Crippen LogP contribution is 2.68. The fourth-order valence-electron chi connectivity index (χ4n) is 7.27. The summed E-state index contributed by atoms with van der Waals surface area (Å²) in [6.45, 7) is 17.2. The Bertz CT molecular complexity index is 1260. The number of ether oxygens (including phenoxy) is 1. The summed E-state index contributed by atoms with van der Waals surface area (Å²) in [5.74, 6) is -1.95. The van der Waals surface area contributed by atoms with Crippen LogP contribution in [0.15, 0.2) is 18.6 Å². The molecule has 0 spiro atoms. The number of nitrogens with zero attached hydrogens (tertiary/aromatic N) is 2. The van der Waals surface area contributed by atoms with Crippen molar-refractivity contribution in [1.29, 1.82) is 0 Å². The zero-order valence-electron chi connectivity index (χ0n) is 29.3. The van der Waals surface area contributed by atoms with Crippen LogP contribution in [0.2, 0.25) is 0 Å². The van der Waals surface area contributed by atoms with E-state index in [2.05, 4.69) is 25.9 Å². The van der Waals surface area contributed by atoms with Gasteiger partial charge in [0.25, 0.3) is 5.91 Å². The quantitative estimate of drug-likeness (QED) is 0.130. The molecule has 0 radical (unpaired) electrons. The molecule has 3 aliphatic carbocycles. The van der Waals surface area contributed by atoms with Gasteiger partial charge in [-0.15, -0.1) is 0 Å². The number of hydrogen-bond donors (Lipinski definition) is 5. The maximum absolute atomic E-state index is 14.0. The second kappa shape index (κ2) is 15.4. The summed E-state index contributed by atoms with van der Waals surface area (Å²) >= 11 is 0. The summed E-state index contributed by atoms with van der Waals surface area (Å²) in [4.78, 5) is 62.2. The van der Waals surface area contributed by atoms with E-state index in [-0.39, 0.29) is 42.2 Å². The minimum absolute atomic E-state index is 0.00520. The Hall–Kier alpha value is -3.10. The number of esters is 1. The van der Waals surface area contributed by atoms with Crippen molar-refractivity contribution in [3.8, 4) is 0 Å². The van der Waals surface area contributed by atoms with Gasteiger partial charge in [-0.25, -0.2) is 9.78 Å². The molecule has 2 bridgehead atoms. The molecular weight excluding hydrogens is 605 g/mol. The van der Waals surface area contributed by atoms with E-state index in [0.717, 1.165) is 6.42 Å². The average molecular weight is 660 g/mol. The summed E-state index contributed by atoms with van der Waals surface area (Å²) in [6, 6.07) is -2.97. The standard InChI is InChI=1S/C33H54BN5O8/c1-19(2)14-23(38-29(42)26-18-35-12-13-36-26)27(40)37-24(15-20(3)4)28(41)39-25(16-21(5)6)30(43)46-33-17-22(31(33,7)8)10-11-32(33,9)47-34(44)45/h12-13,18-25,44-45H,10-11,14-17H2,1-9H3,(H,37,40)(H,38,42)(H,39,41)/t22?,23-,24-,25-,32?,33?/m0/s1. The van der Waals surface area contributed by atoms with Gasteiger partial charge in [0, 0.05) is 17.8 Å². The third-order valence-electron chi connectivity index (χ3n) is 9.83. The molecule has 0 aliphatic heterocycles. The van der Waals surface area contributed by atoms with Gasteiger partial charge in [0.1, 0.15) is 29.4 Å². The molecule has 1 aromatic rings. The molecule has 5 N–H and O–H groups in total.